The summed E-state index contributed by atoms with van der Waals surface area (Å²) in [6, 6.07) is 26.6. The minimum Gasteiger partial charge on any atom is -0.491 e. The fourth-order valence-electron chi connectivity index (χ4n) is 3.16. The second-order valence-electron chi connectivity index (χ2n) is 6.74. The molecule has 4 aromatic rings. The molecule has 1 heterocycles. The molecule has 0 fully saturated rings. The molecule has 1 amide bonds. The van der Waals surface area contributed by atoms with Crippen molar-refractivity contribution in [2.24, 2.45) is 0 Å². The number of pyridine rings is 1. The zero-order valence-corrected chi connectivity index (χ0v) is 16.5. The molecule has 0 bridgehead atoms. The number of fused-ring (bicyclic) bond motifs is 1. The number of ether oxygens (including phenoxy) is 2. The zero-order chi connectivity index (χ0) is 20.6. The van der Waals surface area contributed by atoms with E-state index in [-0.39, 0.29) is 5.91 Å². The summed E-state index contributed by atoms with van der Waals surface area (Å²) in [6.07, 6.45) is 1.65. The number of amides is 1. The van der Waals surface area contributed by atoms with Gasteiger partial charge < -0.3 is 14.8 Å². The molecule has 30 heavy (non-hydrogen) atoms. The minimum absolute atomic E-state index is 0.164. The van der Waals surface area contributed by atoms with Crippen LogP contribution in [-0.2, 0) is 11.3 Å². The van der Waals surface area contributed by atoms with Crippen molar-refractivity contribution in [2.75, 3.05) is 18.5 Å². The Morgan fingerprint density at radius 1 is 0.867 bits per heavy atom. The molecule has 0 spiro atoms. The Hall–Kier alpha value is -3.70. The van der Waals surface area contributed by atoms with E-state index in [0.29, 0.717) is 25.4 Å². The maximum Gasteiger partial charge on any atom is 0.256 e. The number of hydrogen-bond donors (Lipinski definition) is 1. The molecule has 1 aromatic heterocycles. The summed E-state index contributed by atoms with van der Waals surface area (Å²) < 4.78 is 11.3. The van der Waals surface area contributed by atoms with Crippen LogP contribution < -0.4 is 10.1 Å². The summed E-state index contributed by atoms with van der Waals surface area (Å²) in [5.74, 6) is 0.664. The van der Waals surface area contributed by atoms with Gasteiger partial charge in [-0.15, -0.1) is 0 Å². The van der Waals surface area contributed by atoms with Crippen LogP contribution in [0.15, 0.2) is 91.1 Å². The predicted octanol–water partition coefficient (Wildman–Crippen LogP) is 5.08. The van der Waals surface area contributed by atoms with Crippen LogP contribution in [0.2, 0.25) is 0 Å². The average Bonchev–Trinajstić information content (AvgIpc) is 2.79. The number of para-hydroxylation sites is 2. The highest BCUT2D eigenvalue weighted by molar-refractivity contribution is 6.12. The average molecular weight is 398 g/mol. The Kier molecular flexibility index (Phi) is 6.32. The quantitative estimate of drug-likeness (QED) is 0.420. The lowest BCUT2D eigenvalue weighted by Gasteiger charge is -2.10. The first kappa shape index (κ1) is 19.6. The van der Waals surface area contributed by atoms with Gasteiger partial charge in [-0.3, -0.25) is 9.78 Å². The van der Waals surface area contributed by atoms with E-state index < -0.39 is 0 Å². The second-order valence-corrected chi connectivity index (χ2v) is 6.74. The van der Waals surface area contributed by atoms with E-state index in [9.17, 15) is 4.79 Å². The first-order valence-corrected chi connectivity index (χ1v) is 9.79. The third-order valence-electron chi connectivity index (χ3n) is 4.59. The fraction of sp³-hybridized carbons (Fsp3) is 0.120. The summed E-state index contributed by atoms with van der Waals surface area (Å²) in [7, 11) is 0. The van der Waals surface area contributed by atoms with Crippen LogP contribution in [0.4, 0.5) is 5.69 Å². The van der Waals surface area contributed by atoms with Gasteiger partial charge in [-0.2, -0.15) is 0 Å². The lowest BCUT2D eigenvalue weighted by Crippen LogP contribution is -2.13. The topological polar surface area (TPSA) is 60.5 Å². The SMILES string of the molecule is O=C(Nc1cccc(COCCOc2ccccc2)c1)c1ccnc2ccccc12. The number of carbonyl (C=O) groups excluding carboxylic acids is 1. The molecular formula is C25H22N2O3. The molecule has 0 aliphatic heterocycles. The molecule has 150 valence electrons. The van der Waals surface area contributed by atoms with Crippen LogP contribution in [0.3, 0.4) is 0 Å². The molecule has 0 atom stereocenters. The smallest absolute Gasteiger partial charge is 0.256 e. The van der Waals surface area contributed by atoms with Gasteiger partial charge in [0.1, 0.15) is 12.4 Å². The second kappa shape index (κ2) is 9.67. The highest BCUT2D eigenvalue weighted by Crippen LogP contribution is 2.19. The molecule has 0 saturated carbocycles. The number of rotatable bonds is 8. The third kappa shape index (κ3) is 5.01. The molecule has 0 aliphatic carbocycles. The van der Waals surface area contributed by atoms with Crippen molar-refractivity contribution in [1.82, 2.24) is 4.98 Å². The van der Waals surface area contributed by atoms with Crippen molar-refractivity contribution in [3.63, 3.8) is 0 Å². The predicted molar refractivity (Wildman–Crippen MR) is 118 cm³/mol. The van der Waals surface area contributed by atoms with Crippen LogP contribution in [-0.4, -0.2) is 24.1 Å². The van der Waals surface area contributed by atoms with Crippen molar-refractivity contribution in [3.8, 4) is 5.75 Å². The Labute approximate surface area is 175 Å². The Morgan fingerprint density at radius 3 is 2.60 bits per heavy atom. The molecule has 1 N–H and O–H groups in total. The van der Waals surface area contributed by atoms with Gasteiger partial charge in [0.25, 0.3) is 5.91 Å². The number of anilines is 1. The molecule has 3 aromatic carbocycles. The number of carbonyl (C=O) groups is 1. The van der Waals surface area contributed by atoms with Gasteiger partial charge in [0.15, 0.2) is 0 Å². The highest BCUT2D eigenvalue weighted by atomic mass is 16.5. The van der Waals surface area contributed by atoms with Crippen LogP contribution >= 0.6 is 0 Å². The normalized spacial score (nSPS) is 10.7. The van der Waals surface area contributed by atoms with Crippen molar-refractivity contribution in [3.05, 3.63) is 102 Å². The van der Waals surface area contributed by atoms with E-state index in [2.05, 4.69) is 10.3 Å². The van der Waals surface area contributed by atoms with E-state index in [1.54, 1.807) is 12.3 Å². The summed E-state index contributed by atoms with van der Waals surface area (Å²) in [5, 5.41) is 3.80. The number of nitrogens with one attached hydrogen (secondary N) is 1. The molecule has 0 unspecified atom stereocenters. The van der Waals surface area contributed by atoms with Gasteiger partial charge in [0.05, 0.1) is 24.3 Å². The van der Waals surface area contributed by atoms with E-state index >= 15 is 0 Å². The van der Waals surface area contributed by atoms with E-state index in [1.807, 2.05) is 78.9 Å². The van der Waals surface area contributed by atoms with E-state index in [4.69, 9.17) is 9.47 Å². The van der Waals surface area contributed by atoms with Crippen molar-refractivity contribution in [2.45, 2.75) is 6.61 Å². The van der Waals surface area contributed by atoms with E-state index in [1.165, 1.54) is 0 Å². The zero-order valence-electron chi connectivity index (χ0n) is 16.5. The summed E-state index contributed by atoms with van der Waals surface area (Å²) >= 11 is 0. The standard InChI is InChI=1S/C25H22N2O3/c28-25(23-13-14-26-24-12-5-4-11-22(23)24)27-20-8-6-7-19(17-20)18-29-15-16-30-21-9-2-1-3-10-21/h1-14,17H,15-16,18H2,(H,27,28). The van der Waals surface area contributed by atoms with Crippen molar-refractivity contribution < 1.29 is 14.3 Å². The summed E-state index contributed by atoms with van der Waals surface area (Å²) in [4.78, 5) is 17.1. The molecule has 5 nitrogen and oxygen atoms in total. The van der Waals surface area contributed by atoms with Gasteiger partial charge >= 0.3 is 0 Å². The van der Waals surface area contributed by atoms with Gasteiger partial charge in [-0.25, -0.2) is 0 Å². The van der Waals surface area contributed by atoms with Gasteiger partial charge in [-0.05, 0) is 42.0 Å². The van der Waals surface area contributed by atoms with Crippen LogP contribution in [0.25, 0.3) is 10.9 Å². The highest BCUT2D eigenvalue weighted by Gasteiger charge is 2.11. The lowest BCUT2D eigenvalue weighted by atomic mass is 10.1. The van der Waals surface area contributed by atoms with Crippen molar-refractivity contribution >= 4 is 22.5 Å². The summed E-state index contributed by atoms with van der Waals surface area (Å²) in [5.41, 5.74) is 3.10. The Balaban J connectivity index is 1.32. The van der Waals surface area contributed by atoms with Crippen LogP contribution in [0.5, 0.6) is 5.75 Å². The molecule has 0 saturated heterocycles. The van der Waals surface area contributed by atoms with Gasteiger partial charge in [0, 0.05) is 17.3 Å². The maximum absolute atomic E-state index is 12.8. The Bertz CT molecular complexity index is 1120. The molecule has 0 aliphatic rings. The number of nitrogens with zero attached hydrogens (tertiary/aromatic N) is 1. The fourth-order valence-corrected chi connectivity index (χ4v) is 3.16. The molecule has 5 heteroatoms. The monoisotopic (exact) mass is 398 g/mol. The summed E-state index contributed by atoms with van der Waals surface area (Å²) in [6.45, 7) is 1.41. The van der Waals surface area contributed by atoms with Gasteiger partial charge in [0.2, 0.25) is 0 Å². The van der Waals surface area contributed by atoms with Crippen molar-refractivity contribution in [1.29, 1.82) is 0 Å². The first-order chi connectivity index (χ1) is 14.8. The van der Waals surface area contributed by atoms with Gasteiger partial charge in [-0.1, -0.05) is 48.5 Å². The minimum atomic E-state index is -0.164. The number of benzene rings is 3. The first-order valence-electron chi connectivity index (χ1n) is 9.79. The van der Waals surface area contributed by atoms with E-state index in [0.717, 1.165) is 27.9 Å². The lowest BCUT2D eigenvalue weighted by molar-refractivity contribution is 0.0889. The Morgan fingerprint density at radius 2 is 1.70 bits per heavy atom. The molecule has 4 rings (SSSR count). The van der Waals surface area contributed by atoms with Crippen LogP contribution in [0.1, 0.15) is 15.9 Å². The largest absolute Gasteiger partial charge is 0.491 e. The van der Waals surface area contributed by atoms with Crippen LogP contribution in [0, 0.1) is 0 Å². The number of hydrogen-bond acceptors (Lipinski definition) is 4. The number of aromatic nitrogens is 1. The molecule has 0 radical (unpaired) electrons. The third-order valence-corrected chi connectivity index (χ3v) is 4.59. The molecular weight excluding hydrogens is 376 g/mol. The maximum atomic E-state index is 12.8.